The average Bonchev–Trinajstić information content (AvgIpc) is 3.89. The fraction of sp³-hybridized carbons (Fsp3) is 0.327. The molecule has 2 N–H and O–H groups in total. The van der Waals surface area contributed by atoms with Gasteiger partial charge in [0.15, 0.2) is 0 Å². The number of carbonyl (C=O) groups excluding carboxylic acids is 2. The summed E-state index contributed by atoms with van der Waals surface area (Å²) in [5.74, 6) is 0.315. The minimum absolute atomic E-state index is 0.155. The highest BCUT2D eigenvalue weighted by Crippen LogP contribution is 2.35. The van der Waals surface area contributed by atoms with E-state index in [9.17, 15) is 9.59 Å². The van der Waals surface area contributed by atoms with Gasteiger partial charge in [0.25, 0.3) is 0 Å². The van der Waals surface area contributed by atoms with Gasteiger partial charge in [-0.05, 0) is 98.5 Å². The molecule has 62 heavy (non-hydrogen) atoms. The topological polar surface area (TPSA) is 139 Å². The molecule has 6 heterocycles. The molecule has 0 atom stereocenters. The van der Waals surface area contributed by atoms with Gasteiger partial charge in [-0.3, -0.25) is 34.2 Å². The van der Waals surface area contributed by atoms with Crippen molar-refractivity contribution in [2.45, 2.75) is 71.5 Å². The Labute approximate surface area is 361 Å². The number of aryl methyl sites for hydroxylation is 1. The Morgan fingerprint density at radius 2 is 1.10 bits per heavy atom. The highest BCUT2D eigenvalue weighted by atomic mass is 16.2. The van der Waals surface area contributed by atoms with Gasteiger partial charge in [0.05, 0.1) is 33.8 Å². The van der Waals surface area contributed by atoms with Gasteiger partial charge in [0, 0.05) is 130 Å². The van der Waals surface area contributed by atoms with Crippen LogP contribution >= 0.6 is 0 Å². The predicted molar refractivity (Wildman–Crippen MR) is 248 cm³/mol. The normalized spacial score (nSPS) is 15.1. The molecule has 13 nitrogen and oxygen atoms in total. The van der Waals surface area contributed by atoms with Gasteiger partial charge >= 0.3 is 0 Å². The third kappa shape index (κ3) is 8.39. The smallest absolute Gasteiger partial charge is 0.219 e. The molecule has 2 aliphatic rings. The molecule has 0 unspecified atom stereocenters. The molecule has 2 aliphatic heterocycles. The van der Waals surface area contributed by atoms with Gasteiger partial charge < -0.3 is 25.0 Å². The van der Waals surface area contributed by atoms with E-state index in [0.29, 0.717) is 18.1 Å². The number of nitrogens with one attached hydrogen (secondary N) is 2. The van der Waals surface area contributed by atoms with E-state index in [2.05, 4.69) is 127 Å². The van der Waals surface area contributed by atoms with E-state index in [1.165, 1.54) is 10.9 Å². The summed E-state index contributed by atoms with van der Waals surface area (Å²) in [6.07, 6.45) is 14.8. The van der Waals surface area contributed by atoms with Crippen molar-refractivity contribution in [2.75, 3.05) is 36.8 Å². The maximum atomic E-state index is 11.6. The number of amides is 2. The Kier molecular flexibility index (Phi) is 11.3. The number of hydrogen-bond donors (Lipinski definition) is 2. The lowest BCUT2D eigenvalue weighted by atomic mass is 10.00. The van der Waals surface area contributed by atoms with Crippen molar-refractivity contribution >= 4 is 67.1 Å². The van der Waals surface area contributed by atoms with Gasteiger partial charge in [-0.15, -0.1) is 0 Å². The number of carbonyl (C=O) groups is 2. The zero-order chi connectivity index (χ0) is 42.9. The number of piperidine rings is 2. The van der Waals surface area contributed by atoms with Gasteiger partial charge in [-0.1, -0.05) is 24.3 Å². The fourth-order valence-corrected chi connectivity index (χ4v) is 8.98. The number of aromatic nitrogens is 7. The third-order valence-electron chi connectivity index (χ3n) is 12.4. The quantitative estimate of drug-likeness (QED) is 0.161. The van der Waals surface area contributed by atoms with Crippen molar-refractivity contribution in [3.05, 3.63) is 104 Å². The monoisotopic (exact) mass is 827 g/mol. The van der Waals surface area contributed by atoms with E-state index in [1.54, 1.807) is 38.6 Å². The summed E-state index contributed by atoms with van der Waals surface area (Å²) < 4.78 is 4.19. The van der Waals surface area contributed by atoms with Crippen LogP contribution in [0, 0.1) is 0 Å². The van der Waals surface area contributed by atoms with Crippen molar-refractivity contribution in [1.29, 1.82) is 0 Å². The number of benzene rings is 4. The SMILES string of the molecule is CC(=O)N1CCC(Nc2cc(-c3ccc4ccn(C(C)C)c4c3)c3nccnc3c2)CC1.CC(=O)N1CCC(Nc2cc(-c3ccc4cnn(C)c4c3)c3nccnc3c2)CC1. The molecule has 2 saturated heterocycles. The first-order valence-corrected chi connectivity index (χ1v) is 21.6. The van der Waals surface area contributed by atoms with Crippen LogP contribution < -0.4 is 10.6 Å². The minimum Gasteiger partial charge on any atom is -0.382 e. The Bertz CT molecular complexity index is 2920. The molecule has 0 radical (unpaired) electrons. The van der Waals surface area contributed by atoms with Crippen LogP contribution in [0.5, 0.6) is 0 Å². The van der Waals surface area contributed by atoms with Gasteiger partial charge in [-0.2, -0.15) is 5.10 Å². The molecule has 0 saturated carbocycles. The van der Waals surface area contributed by atoms with Crippen molar-refractivity contribution in [2.24, 2.45) is 7.05 Å². The lowest BCUT2D eigenvalue weighted by molar-refractivity contribution is -0.130. The molecule has 0 bridgehead atoms. The summed E-state index contributed by atoms with van der Waals surface area (Å²) in [4.78, 5) is 45.5. The lowest BCUT2D eigenvalue weighted by Gasteiger charge is -2.32. The van der Waals surface area contributed by atoms with E-state index in [0.717, 1.165) is 118 Å². The molecule has 4 aromatic carbocycles. The van der Waals surface area contributed by atoms with Crippen LogP contribution in [0.2, 0.25) is 0 Å². The molecule has 13 heteroatoms. The first kappa shape index (κ1) is 40.5. The number of likely N-dealkylation sites (tertiary alicyclic amines) is 2. The third-order valence-corrected chi connectivity index (χ3v) is 12.4. The van der Waals surface area contributed by atoms with E-state index >= 15 is 0 Å². The first-order chi connectivity index (χ1) is 30.1. The lowest BCUT2D eigenvalue weighted by Crippen LogP contribution is -2.41. The summed E-state index contributed by atoms with van der Waals surface area (Å²) in [5, 5.41) is 14.1. The maximum Gasteiger partial charge on any atom is 0.219 e. The second-order valence-electron chi connectivity index (χ2n) is 16.9. The van der Waals surface area contributed by atoms with Crippen LogP contribution in [0.3, 0.4) is 0 Å². The highest BCUT2D eigenvalue weighted by Gasteiger charge is 2.23. The Hall–Kier alpha value is -6.89. The largest absolute Gasteiger partial charge is 0.382 e. The van der Waals surface area contributed by atoms with Crippen LogP contribution in [0.4, 0.5) is 11.4 Å². The Morgan fingerprint density at radius 1 is 0.613 bits per heavy atom. The summed E-state index contributed by atoms with van der Waals surface area (Å²) >= 11 is 0. The zero-order valence-electron chi connectivity index (χ0n) is 36.0. The molecule has 0 spiro atoms. The van der Waals surface area contributed by atoms with Crippen molar-refractivity contribution < 1.29 is 9.59 Å². The van der Waals surface area contributed by atoms with Crippen LogP contribution in [-0.2, 0) is 16.6 Å². The molecule has 2 amide bonds. The van der Waals surface area contributed by atoms with Crippen molar-refractivity contribution in [3.63, 3.8) is 0 Å². The summed E-state index contributed by atoms with van der Waals surface area (Å²) in [7, 11) is 1.95. The summed E-state index contributed by atoms with van der Waals surface area (Å²) in [6, 6.07) is 24.7. The first-order valence-electron chi connectivity index (χ1n) is 21.6. The summed E-state index contributed by atoms with van der Waals surface area (Å²) in [6.45, 7) is 10.9. The molecule has 0 aliphatic carbocycles. The minimum atomic E-state index is 0.155. The predicted octanol–water partition coefficient (Wildman–Crippen LogP) is 8.86. The molecule has 8 aromatic rings. The molecule has 316 valence electrons. The number of hydrogen-bond acceptors (Lipinski definition) is 9. The second kappa shape index (κ2) is 17.2. The number of fused-ring (bicyclic) bond motifs is 4. The highest BCUT2D eigenvalue weighted by molar-refractivity contribution is 5.98. The second-order valence-corrected chi connectivity index (χ2v) is 16.9. The van der Waals surface area contributed by atoms with Gasteiger partial charge in [0.1, 0.15) is 0 Å². The van der Waals surface area contributed by atoms with Crippen molar-refractivity contribution in [1.82, 2.24) is 44.1 Å². The summed E-state index contributed by atoms with van der Waals surface area (Å²) in [5.41, 5.74) is 12.3. The average molecular weight is 828 g/mol. The van der Waals surface area contributed by atoms with Crippen LogP contribution in [0.25, 0.3) is 66.1 Å². The molecule has 2 fully saturated rings. The number of anilines is 2. The van der Waals surface area contributed by atoms with Crippen LogP contribution in [-0.4, -0.2) is 94.2 Å². The number of nitrogens with zero attached hydrogens (tertiary/aromatic N) is 9. The molecule has 10 rings (SSSR count). The van der Waals surface area contributed by atoms with Crippen molar-refractivity contribution in [3.8, 4) is 22.3 Å². The van der Waals surface area contributed by atoms with Crippen LogP contribution in [0.1, 0.15) is 59.4 Å². The molecule has 4 aromatic heterocycles. The van der Waals surface area contributed by atoms with E-state index in [1.807, 2.05) is 27.7 Å². The standard InChI is InChI=1S/C26H29N5O.C23H24N6O/c1-17(2)31-13-6-19-4-5-20(14-25(19)31)23-15-22(16-24-26(23)28-10-9-27-24)29-21-7-11-30(12-8-21)18(3)32;1-15(30)29-9-5-18(6-10-29)27-19-12-20(23-21(13-19)24-7-8-25-23)16-3-4-17-14-26-28(2)22(17)11-16/h4-6,9-10,13-17,21,29H,7-8,11-12H2,1-3H3;3-4,7-8,11-14,18,27H,5-6,9-10H2,1-2H3. The van der Waals surface area contributed by atoms with Crippen LogP contribution in [0.15, 0.2) is 104 Å². The van der Waals surface area contributed by atoms with Gasteiger partial charge in [0.2, 0.25) is 11.8 Å². The molecular weight excluding hydrogens is 775 g/mol. The Balaban J connectivity index is 0.000000158. The van der Waals surface area contributed by atoms with E-state index < -0.39 is 0 Å². The Morgan fingerprint density at radius 3 is 1.60 bits per heavy atom. The molecular formula is C49H53N11O2. The fourth-order valence-electron chi connectivity index (χ4n) is 8.98. The zero-order valence-corrected chi connectivity index (χ0v) is 36.0. The maximum absolute atomic E-state index is 11.6. The van der Waals surface area contributed by atoms with E-state index in [-0.39, 0.29) is 11.8 Å². The number of rotatable bonds is 7. The van der Waals surface area contributed by atoms with E-state index in [4.69, 9.17) is 0 Å². The van der Waals surface area contributed by atoms with Gasteiger partial charge in [-0.25, -0.2) is 0 Å².